The van der Waals surface area contributed by atoms with Crippen LogP contribution in [0, 0.1) is 0 Å². The standard InChI is InChI=1S/C17H36N4O2.HI/c1-17(2,21-10-6-5-7-11-21)15-20-16(18-3)19-9-8-12-23-14-13-22-4;/h5-15H2,1-4H3,(H2,18,19,20);1H. The first-order valence-corrected chi connectivity index (χ1v) is 8.86. The van der Waals surface area contributed by atoms with Crippen molar-refractivity contribution < 1.29 is 9.47 Å². The lowest BCUT2D eigenvalue weighted by molar-refractivity contribution is 0.0698. The number of piperidine rings is 1. The van der Waals surface area contributed by atoms with Crippen LogP contribution in [-0.4, -0.2) is 76.6 Å². The number of likely N-dealkylation sites (tertiary alicyclic amines) is 1. The van der Waals surface area contributed by atoms with Crippen molar-refractivity contribution in [2.24, 2.45) is 4.99 Å². The van der Waals surface area contributed by atoms with E-state index in [0.717, 1.165) is 32.1 Å². The third kappa shape index (κ3) is 10.0. The molecule has 0 radical (unpaired) electrons. The third-order valence-corrected chi connectivity index (χ3v) is 4.31. The van der Waals surface area contributed by atoms with Crippen molar-refractivity contribution in [2.75, 3.05) is 60.2 Å². The maximum Gasteiger partial charge on any atom is 0.191 e. The van der Waals surface area contributed by atoms with Gasteiger partial charge < -0.3 is 20.1 Å². The van der Waals surface area contributed by atoms with Gasteiger partial charge in [-0.25, -0.2) is 0 Å². The molecule has 0 aliphatic carbocycles. The first-order valence-electron chi connectivity index (χ1n) is 8.86. The Bertz CT molecular complexity index is 335. The minimum atomic E-state index is 0. The molecule has 0 spiro atoms. The van der Waals surface area contributed by atoms with Crippen LogP contribution in [0.2, 0.25) is 0 Å². The lowest BCUT2D eigenvalue weighted by atomic mass is 9.98. The van der Waals surface area contributed by atoms with Gasteiger partial charge in [-0.1, -0.05) is 6.42 Å². The Hall–Kier alpha value is -0.120. The smallest absolute Gasteiger partial charge is 0.191 e. The third-order valence-electron chi connectivity index (χ3n) is 4.31. The molecule has 1 rings (SSSR count). The number of rotatable bonds is 10. The monoisotopic (exact) mass is 456 g/mol. The van der Waals surface area contributed by atoms with E-state index in [2.05, 4.69) is 34.4 Å². The van der Waals surface area contributed by atoms with Crippen molar-refractivity contribution in [2.45, 2.75) is 45.1 Å². The van der Waals surface area contributed by atoms with Crippen LogP contribution in [0.25, 0.3) is 0 Å². The Morgan fingerprint density at radius 2 is 1.79 bits per heavy atom. The van der Waals surface area contributed by atoms with Crippen LogP contribution in [0.3, 0.4) is 0 Å². The molecule has 24 heavy (non-hydrogen) atoms. The van der Waals surface area contributed by atoms with Crippen LogP contribution in [0.15, 0.2) is 4.99 Å². The molecule has 1 aliphatic rings. The summed E-state index contributed by atoms with van der Waals surface area (Å²) in [5.41, 5.74) is 0.154. The predicted octanol–water partition coefficient (Wildman–Crippen LogP) is 2.09. The van der Waals surface area contributed by atoms with Gasteiger partial charge >= 0.3 is 0 Å². The van der Waals surface area contributed by atoms with E-state index in [1.807, 2.05) is 7.05 Å². The van der Waals surface area contributed by atoms with Gasteiger partial charge in [0.15, 0.2) is 5.96 Å². The number of aliphatic imine (C=N–C) groups is 1. The molecule has 144 valence electrons. The van der Waals surface area contributed by atoms with Crippen molar-refractivity contribution in [3.63, 3.8) is 0 Å². The molecule has 0 aromatic rings. The summed E-state index contributed by atoms with van der Waals surface area (Å²) in [5, 5.41) is 6.80. The molecule has 1 aliphatic heterocycles. The van der Waals surface area contributed by atoms with Crippen LogP contribution in [-0.2, 0) is 9.47 Å². The van der Waals surface area contributed by atoms with Crippen LogP contribution in [0.1, 0.15) is 39.5 Å². The first-order chi connectivity index (χ1) is 11.1. The van der Waals surface area contributed by atoms with E-state index in [1.54, 1.807) is 7.11 Å². The zero-order valence-electron chi connectivity index (χ0n) is 15.9. The highest BCUT2D eigenvalue weighted by atomic mass is 127. The molecule has 0 bridgehead atoms. The van der Waals surface area contributed by atoms with Gasteiger partial charge in [-0.2, -0.15) is 0 Å². The summed E-state index contributed by atoms with van der Waals surface area (Å²) in [6.45, 7) is 10.8. The molecule has 7 heteroatoms. The number of guanidine groups is 1. The van der Waals surface area contributed by atoms with Crippen molar-refractivity contribution in [3.8, 4) is 0 Å². The van der Waals surface area contributed by atoms with E-state index in [1.165, 1.54) is 32.4 Å². The highest BCUT2D eigenvalue weighted by Crippen LogP contribution is 2.19. The zero-order chi connectivity index (χ0) is 17.0. The van der Waals surface area contributed by atoms with Crippen LogP contribution >= 0.6 is 24.0 Å². The van der Waals surface area contributed by atoms with Gasteiger partial charge in [-0.15, -0.1) is 24.0 Å². The van der Waals surface area contributed by atoms with E-state index in [-0.39, 0.29) is 29.5 Å². The lowest BCUT2D eigenvalue weighted by Crippen LogP contribution is -2.54. The second kappa shape index (κ2) is 14.1. The van der Waals surface area contributed by atoms with Gasteiger partial charge in [-0.3, -0.25) is 9.89 Å². The average molecular weight is 456 g/mol. The molecule has 2 N–H and O–H groups in total. The molecule has 1 fully saturated rings. The van der Waals surface area contributed by atoms with E-state index in [4.69, 9.17) is 9.47 Å². The molecule has 0 saturated carbocycles. The fraction of sp³-hybridized carbons (Fsp3) is 0.941. The molecule has 0 aromatic carbocycles. The normalized spacial score (nSPS) is 16.6. The molecule has 0 aromatic heterocycles. The van der Waals surface area contributed by atoms with E-state index < -0.39 is 0 Å². The van der Waals surface area contributed by atoms with Crippen molar-refractivity contribution in [1.82, 2.24) is 15.5 Å². The van der Waals surface area contributed by atoms with Crippen LogP contribution in [0.5, 0.6) is 0 Å². The molecule has 6 nitrogen and oxygen atoms in total. The minimum Gasteiger partial charge on any atom is -0.382 e. The molecule has 0 amide bonds. The van der Waals surface area contributed by atoms with Crippen molar-refractivity contribution in [1.29, 1.82) is 0 Å². The van der Waals surface area contributed by atoms with Gasteiger partial charge in [0.1, 0.15) is 0 Å². The highest BCUT2D eigenvalue weighted by Gasteiger charge is 2.27. The number of nitrogens with zero attached hydrogens (tertiary/aromatic N) is 2. The maximum atomic E-state index is 5.45. The average Bonchev–Trinajstić information content (AvgIpc) is 2.57. The maximum absolute atomic E-state index is 5.45. The number of halogens is 1. The summed E-state index contributed by atoms with van der Waals surface area (Å²) in [7, 11) is 3.50. The number of nitrogens with one attached hydrogen (secondary N) is 2. The first kappa shape index (κ1) is 23.9. The summed E-state index contributed by atoms with van der Waals surface area (Å²) in [5.74, 6) is 0.868. The Morgan fingerprint density at radius 3 is 2.42 bits per heavy atom. The summed E-state index contributed by atoms with van der Waals surface area (Å²) >= 11 is 0. The zero-order valence-corrected chi connectivity index (χ0v) is 18.2. The van der Waals surface area contributed by atoms with Crippen molar-refractivity contribution >= 4 is 29.9 Å². The van der Waals surface area contributed by atoms with Gasteiger partial charge in [-0.05, 0) is 46.2 Å². The van der Waals surface area contributed by atoms with Crippen LogP contribution < -0.4 is 10.6 Å². The van der Waals surface area contributed by atoms with Gasteiger partial charge in [0.05, 0.1) is 13.2 Å². The predicted molar refractivity (Wildman–Crippen MR) is 112 cm³/mol. The van der Waals surface area contributed by atoms with Crippen LogP contribution in [0.4, 0.5) is 0 Å². The van der Waals surface area contributed by atoms with Crippen molar-refractivity contribution in [3.05, 3.63) is 0 Å². The summed E-state index contributed by atoms with van der Waals surface area (Å²) in [6, 6.07) is 0. The number of hydrogen-bond donors (Lipinski definition) is 2. The van der Waals surface area contributed by atoms with Gasteiger partial charge in [0.25, 0.3) is 0 Å². The largest absolute Gasteiger partial charge is 0.382 e. The quantitative estimate of drug-likeness (QED) is 0.228. The Kier molecular flexibility index (Phi) is 14.0. The summed E-state index contributed by atoms with van der Waals surface area (Å²) < 4.78 is 10.4. The Morgan fingerprint density at radius 1 is 1.08 bits per heavy atom. The number of methoxy groups -OCH3 is 1. The van der Waals surface area contributed by atoms with E-state index in [9.17, 15) is 0 Å². The minimum absolute atomic E-state index is 0. The van der Waals surface area contributed by atoms with Gasteiger partial charge in [0.2, 0.25) is 0 Å². The topological polar surface area (TPSA) is 58.1 Å². The Balaban J connectivity index is 0.00000529. The van der Waals surface area contributed by atoms with E-state index in [0.29, 0.717) is 13.2 Å². The van der Waals surface area contributed by atoms with E-state index >= 15 is 0 Å². The SMILES string of the molecule is CN=C(NCCCOCCOC)NCC(C)(C)N1CCCCC1.I. The van der Waals surface area contributed by atoms with Gasteiger partial charge in [0, 0.05) is 39.4 Å². The summed E-state index contributed by atoms with van der Waals surface area (Å²) in [6.07, 6.45) is 4.97. The molecule has 1 saturated heterocycles. The summed E-state index contributed by atoms with van der Waals surface area (Å²) in [4.78, 5) is 6.88. The molecule has 0 atom stereocenters. The number of hydrogen-bond acceptors (Lipinski definition) is 4. The second-order valence-corrected chi connectivity index (χ2v) is 6.67. The molecular formula is C17H37IN4O2. The Labute approximate surface area is 165 Å². The number of ether oxygens (including phenoxy) is 2. The highest BCUT2D eigenvalue weighted by molar-refractivity contribution is 14.0. The lowest BCUT2D eigenvalue weighted by Gasteiger charge is -2.41. The second-order valence-electron chi connectivity index (χ2n) is 6.67. The fourth-order valence-electron chi connectivity index (χ4n) is 2.76. The molecular weight excluding hydrogens is 419 g/mol. The fourth-order valence-corrected chi connectivity index (χ4v) is 2.76. The molecule has 0 unspecified atom stereocenters. The molecule has 1 heterocycles.